The molecule has 3 rings (SSSR count). The number of anilines is 3. The third-order valence-corrected chi connectivity index (χ3v) is 2.99. The van der Waals surface area contributed by atoms with E-state index in [-0.39, 0.29) is 0 Å². The van der Waals surface area contributed by atoms with Crippen LogP contribution >= 0.6 is 0 Å². The van der Waals surface area contributed by atoms with Crippen LogP contribution in [0.25, 0.3) is 0 Å². The minimum atomic E-state index is 0.351. The second kappa shape index (κ2) is 4.05. The zero-order valence-electron chi connectivity index (χ0n) is 9.48. The van der Waals surface area contributed by atoms with Crippen molar-refractivity contribution in [3.63, 3.8) is 0 Å². The smallest absolute Gasteiger partial charge is 0.222 e. The number of para-hydroxylation sites is 1. The van der Waals surface area contributed by atoms with E-state index >= 15 is 0 Å². The van der Waals surface area contributed by atoms with E-state index in [9.17, 15) is 0 Å². The first-order chi connectivity index (χ1) is 8.33. The molecule has 1 aliphatic carbocycles. The van der Waals surface area contributed by atoms with Crippen molar-refractivity contribution in [1.29, 1.82) is 0 Å². The van der Waals surface area contributed by atoms with Gasteiger partial charge in [-0.15, -0.1) is 0 Å². The summed E-state index contributed by atoms with van der Waals surface area (Å²) in [5, 5.41) is 3.31. The summed E-state index contributed by atoms with van der Waals surface area (Å²) in [4.78, 5) is 8.58. The van der Waals surface area contributed by atoms with Crippen molar-refractivity contribution >= 4 is 17.5 Å². The number of fused-ring (bicyclic) bond motifs is 1. The summed E-state index contributed by atoms with van der Waals surface area (Å²) in [7, 11) is 0. The molecule has 0 unspecified atom stereocenters. The Bertz CT molecular complexity index is 537. The van der Waals surface area contributed by atoms with Gasteiger partial charge in [0, 0.05) is 11.3 Å². The van der Waals surface area contributed by atoms with E-state index in [2.05, 4.69) is 15.3 Å². The van der Waals surface area contributed by atoms with Gasteiger partial charge in [0.25, 0.3) is 0 Å². The van der Waals surface area contributed by atoms with Crippen molar-refractivity contribution in [2.45, 2.75) is 19.3 Å². The van der Waals surface area contributed by atoms with E-state index in [1.807, 2.05) is 30.3 Å². The van der Waals surface area contributed by atoms with Gasteiger partial charge in [0.05, 0.1) is 5.69 Å². The zero-order valence-corrected chi connectivity index (χ0v) is 9.48. The molecule has 0 amide bonds. The normalized spacial score (nSPS) is 13.4. The van der Waals surface area contributed by atoms with Crippen molar-refractivity contribution in [2.24, 2.45) is 0 Å². The van der Waals surface area contributed by atoms with Gasteiger partial charge in [0.15, 0.2) is 0 Å². The predicted octanol–water partition coefficient (Wildman–Crippen LogP) is 2.29. The first kappa shape index (κ1) is 10.1. The fourth-order valence-electron chi connectivity index (χ4n) is 2.21. The Morgan fingerprint density at radius 2 is 1.88 bits per heavy atom. The Morgan fingerprint density at radius 1 is 1.06 bits per heavy atom. The first-order valence-corrected chi connectivity index (χ1v) is 5.80. The van der Waals surface area contributed by atoms with Crippen LogP contribution in [0.2, 0.25) is 0 Å². The quantitative estimate of drug-likeness (QED) is 0.824. The summed E-state index contributed by atoms with van der Waals surface area (Å²) in [5.41, 5.74) is 9.06. The van der Waals surface area contributed by atoms with Gasteiger partial charge < -0.3 is 11.1 Å². The number of hydrogen-bond donors (Lipinski definition) is 2. The van der Waals surface area contributed by atoms with E-state index in [0.717, 1.165) is 36.5 Å². The maximum atomic E-state index is 5.72. The number of benzene rings is 1. The van der Waals surface area contributed by atoms with E-state index in [0.29, 0.717) is 5.95 Å². The fraction of sp³-hybridized carbons (Fsp3) is 0.231. The Kier molecular flexibility index (Phi) is 2.40. The Morgan fingerprint density at radius 3 is 2.71 bits per heavy atom. The van der Waals surface area contributed by atoms with Crippen molar-refractivity contribution in [2.75, 3.05) is 11.1 Å². The fourth-order valence-corrected chi connectivity index (χ4v) is 2.21. The van der Waals surface area contributed by atoms with E-state index < -0.39 is 0 Å². The van der Waals surface area contributed by atoms with Gasteiger partial charge in [-0.1, -0.05) is 18.2 Å². The van der Waals surface area contributed by atoms with Crippen molar-refractivity contribution in [3.05, 3.63) is 41.6 Å². The highest BCUT2D eigenvalue weighted by Gasteiger charge is 2.18. The molecule has 0 saturated heterocycles. The monoisotopic (exact) mass is 226 g/mol. The zero-order chi connectivity index (χ0) is 11.7. The van der Waals surface area contributed by atoms with Crippen molar-refractivity contribution < 1.29 is 0 Å². The standard InChI is InChI=1S/C13H14N4/c14-13-16-11-8-4-7-10(11)12(17-13)15-9-5-2-1-3-6-9/h1-3,5-6H,4,7-8H2,(H3,14,15,16,17). The largest absolute Gasteiger partial charge is 0.368 e. The molecule has 0 saturated carbocycles. The highest BCUT2D eigenvalue weighted by Crippen LogP contribution is 2.28. The third-order valence-electron chi connectivity index (χ3n) is 2.99. The van der Waals surface area contributed by atoms with E-state index in [1.54, 1.807) is 0 Å². The van der Waals surface area contributed by atoms with E-state index in [4.69, 9.17) is 5.73 Å². The predicted molar refractivity (Wildman–Crippen MR) is 68.2 cm³/mol. The molecule has 0 radical (unpaired) electrons. The van der Waals surface area contributed by atoms with Crippen LogP contribution in [0.1, 0.15) is 17.7 Å². The second-order valence-electron chi connectivity index (χ2n) is 4.20. The minimum absolute atomic E-state index is 0.351. The molecular formula is C13H14N4. The van der Waals surface area contributed by atoms with E-state index in [1.165, 1.54) is 5.56 Å². The van der Waals surface area contributed by atoms with Gasteiger partial charge in [0.2, 0.25) is 5.95 Å². The topological polar surface area (TPSA) is 63.8 Å². The summed E-state index contributed by atoms with van der Waals surface area (Å²) < 4.78 is 0. The van der Waals surface area contributed by atoms with Crippen LogP contribution in [0.3, 0.4) is 0 Å². The Hall–Kier alpha value is -2.10. The molecule has 0 aliphatic heterocycles. The first-order valence-electron chi connectivity index (χ1n) is 5.80. The summed E-state index contributed by atoms with van der Waals surface area (Å²) in [6, 6.07) is 10.0. The number of aromatic nitrogens is 2. The molecule has 0 atom stereocenters. The second-order valence-corrected chi connectivity index (χ2v) is 4.20. The lowest BCUT2D eigenvalue weighted by molar-refractivity contribution is 0.900. The average Bonchev–Trinajstić information content (AvgIpc) is 2.78. The van der Waals surface area contributed by atoms with Gasteiger partial charge in [-0.3, -0.25) is 0 Å². The molecule has 17 heavy (non-hydrogen) atoms. The van der Waals surface area contributed by atoms with Crippen molar-refractivity contribution in [3.8, 4) is 0 Å². The van der Waals surface area contributed by atoms with Crippen LogP contribution in [-0.4, -0.2) is 9.97 Å². The molecule has 4 nitrogen and oxygen atoms in total. The summed E-state index contributed by atoms with van der Waals surface area (Å²) in [6.07, 6.45) is 3.17. The molecule has 1 heterocycles. The highest BCUT2D eigenvalue weighted by atomic mass is 15.1. The lowest BCUT2D eigenvalue weighted by Gasteiger charge is -2.10. The number of nitrogens with one attached hydrogen (secondary N) is 1. The molecule has 0 fully saturated rings. The Labute approximate surface area is 99.9 Å². The number of hydrogen-bond acceptors (Lipinski definition) is 4. The molecular weight excluding hydrogens is 212 g/mol. The molecule has 1 aliphatic rings. The van der Waals surface area contributed by atoms with Gasteiger partial charge in [-0.05, 0) is 31.4 Å². The van der Waals surface area contributed by atoms with Crippen LogP contribution in [0.5, 0.6) is 0 Å². The van der Waals surface area contributed by atoms with Gasteiger partial charge in [0.1, 0.15) is 5.82 Å². The van der Waals surface area contributed by atoms with Gasteiger partial charge in [-0.2, -0.15) is 4.98 Å². The van der Waals surface area contributed by atoms with Crippen LogP contribution in [0.4, 0.5) is 17.5 Å². The molecule has 0 bridgehead atoms. The average molecular weight is 226 g/mol. The maximum absolute atomic E-state index is 5.72. The number of rotatable bonds is 2. The molecule has 1 aromatic heterocycles. The molecule has 0 spiro atoms. The minimum Gasteiger partial charge on any atom is -0.368 e. The van der Waals surface area contributed by atoms with Crippen LogP contribution in [0, 0.1) is 0 Å². The molecule has 4 heteroatoms. The van der Waals surface area contributed by atoms with Gasteiger partial charge in [-0.25, -0.2) is 4.98 Å². The van der Waals surface area contributed by atoms with Crippen LogP contribution in [0.15, 0.2) is 30.3 Å². The highest BCUT2D eigenvalue weighted by molar-refractivity contribution is 5.62. The molecule has 3 N–H and O–H groups in total. The number of nitrogen functional groups attached to an aromatic ring is 1. The SMILES string of the molecule is Nc1nc2c(c(Nc3ccccc3)n1)CCC2. The number of nitrogens with zero attached hydrogens (tertiary/aromatic N) is 2. The number of nitrogens with two attached hydrogens (primary N) is 1. The Balaban J connectivity index is 1.98. The lowest BCUT2D eigenvalue weighted by atomic mass is 10.2. The maximum Gasteiger partial charge on any atom is 0.222 e. The summed E-state index contributed by atoms with van der Waals surface area (Å²) >= 11 is 0. The summed E-state index contributed by atoms with van der Waals surface area (Å²) in [5.74, 6) is 1.21. The molecule has 2 aromatic rings. The van der Waals surface area contributed by atoms with Gasteiger partial charge >= 0.3 is 0 Å². The molecule has 1 aromatic carbocycles. The van der Waals surface area contributed by atoms with Crippen molar-refractivity contribution in [1.82, 2.24) is 9.97 Å². The van der Waals surface area contributed by atoms with Crippen LogP contribution in [-0.2, 0) is 12.8 Å². The molecule has 86 valence electrons. The van der Waals surface area contributed by atoms with Crippen LogP contribution < -0.4 is 11.1 Å². The summed E-state index contributed by atoms with van der Waals surface area (Å²) in [6.45, 7) is 0. The number of aryl methyl sites for hydroxylation is 1. The third kappa shape index (κ3) is 1.93. The lowest BCUT2D eigenvalue weighted by Crippen LogP contribution is -2.05.